The molecular formula is C22H26N6O3S. The van der Waals surface area contributed by atoms with Crippen LogP contribution in [0, 0.1) is 11.3 Å². The number of hydrogen-bond acceptors (Lipinski definition) is 9. The monoisotopic (exact) mass is 454 g/mol. The molecule has 32 heavy (non-hydrogen) atoms. The van der Waals surface area contributed by atoms with Crippen LogP contribution in [0.2, 0.25) is 0 Å². The Bertz CT molecular complexity index is 1200. The summed E-state index contributed by atoms with van der Waals surface area (Å²) in [6.07, 6.45) is 4.74. The van der Waals surface area contributed by atoms with E-state index in [1.807, 2.05) is 18.2 Å². The van der Waals surface area contributed by atoms with Gasteiger partial charge in [-0.1, -0.05) is 12.7 Å². The number of esters is 1. The topological polar surface area (TPSA) is 103 Å². The van der Waals surface area contributed by atoms with Crippen LogP contribution < -0.4 is 25.0 Å². The maximum absolute atomic E-state index is 12.8. The number of nitriles is 1. The largest absolute Gasteiger partial charge is 0.457 e. The summed E-state index contributed by atoms with van der Waals surface area (Å²) in [6.45, 7) is 9.35. The normalized spacial score (nSPS) is 15.8. The van der Waals surface area contributed by atoms with Crippen molar-refractivity contribution in [1.29, 1.82) is 5.26 Å². The lowest BCUT2D eigenvalue weighted by molar-refractivity contribution is -0.135. The number of aromatic nitrogens is 2. The maximum atomic E-state index is 12.8. The van der Waals surface area contributed by atoms with E-state index >= 15 is 0 Å². The van der Waals surface area contributed by atoms with Crippen LogP contribution in [0.25, 0.3) is 11.8 Å². The fourth-order valence-electron chi connectivity index (χ4n) is 3.25. The first-order valence-corrected chi connectivity index (χ1v) is 11.1. The summed E-state index contributed by atoms with van der Waals surface area (Å²) in [5.41, 5.74) is 0.315. The minimum atomic E-state index is -0.777. The molecule has 0 unspecified atom stereocenters. The van der Waals surface area contributed by atoms with Gasteiger partial charge in [0.1, 0.15) is 27.7 Å². The molecule has 2 aromatic heterocycles. The van der Waals surface area contributed by atoms with Crippen LogP contribution >= 0.6 is 11.3 Å². The fraction of sp³-hybridized carbons (Fsp3) is 0.364. The smallest absolute Gasteiger partial charge is 0.352 e. The quantitative estimate of drug-likeness (QED) is 0.472. The number of carbonyl (C=O) groups excluding carboxylic acids is 1. The van der Waals surface area contributed by atoms with Gasteiger partial charge in [0.25, 0.3) is 5.56 Å². The molecule has 10 heteroatoms. The molecule has 0 saturated carbocycles. The summed E-state index contributed by atoms with van der Waals surface area (Å²) < 4.78 is 7.04. The van der Waals surface area contributed by atoms with Crippen LogP contribution in [0.5, 0.6) is 0 Å². The Labute approximate surface area is 190 Å². The summed E-state index contributed by atoms with van der Waals surface area (Å²) in [4.78, 5) is 34.0. The van der Waals surface area contributed by atoms with Gasteiger partial charge in [-0.25, -0.2) is 9.78 Å². The Hall–Kier alpha value is -3.42. The molecule has 0 spiro atoms. The van der Waals surface area contributed by atoms with Crippen molar-refractivity contribution < 1.29 is 9.53 Å². The number of anilines is 2. The number of likely N-dealkylation sites (N-methyl/N-ethyl adjacent to an activating group) is 1. The zero-order chi connectivity index (χ0) is 23.1. The van der Waals surface area contributed by atoms with Crippen LogP contribution in [0.3, 0.4) is 0 Å². The molecule has 1 aliphatic heterocycles. The van der Waals surface area contributed by atoms with Crippen molar-refractivity contribution in [3.63, 3.8) is 0 Å². The summed E-state index contributed by atoms with van der Waals surface area (Å²) in [5, 5.41) is 12.6. The molecule has 9 nitrogen and oxygen atoms in total. The second-order valence-corrected chi connectivity index (χ2v) is 8.21. The van der Waals surface area contributed by atoms with E-state index in [9.17, 15) is 14.9 Å². The van der Waals surface area contributed by atoms with Gasteiger partial charge in [-0.2, -0.15) is 5.26 Å². The molecule has 1 saturated heterocycles. The van der Waals surface area contributed by atoms with Crippen molar-refractivity contribution in [3.8, 4) is 6.07 Å². The lowest BCUT2D eigenvalue weighted by atomic mass is 10.3. The number of nitrogens with zero attached hydrogens (tertiary/aromatic N) is 5. The molecule has 0 amide bonds. The van der Waals surface area contributed by atoms with Gasteiger partial charge in [-0.3, -0.25) is 9.36 Å². The highest BCUT2D eigenvalue weighted by atomic mass is 32.1. The standard InChI is InChI=1S/C22H26N6O3S/c1-4-12-31-22(30)17(14-23)21-28(5-2)20(29)18(32-21)15-25-16-6-7-24-19(13-16)27-10-8-26(3)9-11-27/h4,6-7,13,15H,1,5,8-12H2,2-3H3,(H,24,25)/b18-15+,21-17-. The molecule has 3 heterocycles. The second kappa shape index (κ2) is 10.7. The fourth-order valence-corrected chi connectivity index (χ4v) is 4.32. The number of ether oxygens (including phenoxy) is 1. The van der Waals surface area contributed by atoms with E-state index in [-0.39, 0.29) is 22.4 Å². The number of nitrogens with one attached hydrogen (secondary N) is 1. The van der Waals surface area contributed by atoms with Crippen molar-refractivity contribution in [1.82, 2.24) is 14.5 Å². The number of thiazole rings is 1. The van der Waals surface area contributed by atoms with Gasteiger partial charge >= 0.3 is 5.97 Å². The average molecular weight is 455 g/mol. The highest BCUT2D eigenvalue weighted by Crippen LogP contribution is 2.17. The van der Waals surface area contributed by atoms with Gasteiger partial charge in [-0.15, -0.1) is 11.3 Å². The van der Waals surface area contributed by atoms with E-state index in [0.29, 0.717) is 11.1 Å². The molecule has 0 bridgehead atoms. The summed E-state index contributed by atoms with van der Waals surface area (Å²) in [7, 11) is 2.10. The lowest BCUT2D eigenvalue weighted by Gasteiger charge is -2.33. The molecule has 168 valence electrons. The molecule has 1 aliphatic rings. The predicted molar refractivity (Wildman–Crippen MR) is 126 cm³/mol. The first-order chi connectivity index (χ1) is 15.5. The number of rotatable bonds is 7. The van der Waals surface area contributed by atoms with E-state index < -0.39 is 5.97 Å². The third kappa shape index (κ3) is 5.25. The third-order valence-corrected chi connectivity index (χ3v) is 6.16. The molecule has 0 radical (unpaired) electrons. The van der Waals surface area contributed by atoms with Gasteiger partial charge in [-0.05, 0) is 20.0 Å². The van der Waals surface area contributed by atoms with Crippen molar-refractivity contribution >= 4 is 40.6 Å². The van der Waals surface area contributed by atoms with E-state index in [0.717, 1.165) is 49.0 Å². The Morgan fingerprint density at radius 3 is 2.81 bits per heavy atom. The molecule has 0 atom stereocenters. The average Bonchev–Trinajstić information content (AvgIpc) is 3.12. The summed E-state index contributed by atoms with van der Waals surface area (Å²) in [5.74, 6) is 0.0979. The van der Waals surface area contributed by atoms with Crippen LogP contribution in [0.1, 0.15) is 6.92 Å². The Morgan fingerprint density at radius 2 is 2.16 bits per heavy atom. The maximum Gasteiger partial charge on any atom is 0.352 e. The van der Waals surface area contributed by atoms with Gasteiger partial charge in [0.15, 0.2) is 5.57 Å². The van der Waals surface area contributed by atoms with E-state index in [1.165, 1.54) is 10.6 Å². The number of piperazine rings is 1. The van der Waals surface area contributed by atoms with Gasteiger partial charge in [0.05, 0.1) is 0 Å². The van der Waals surface area contributed by atoms with Crippen LogP contribution in [-0.2, 0) is 16.1 Å². The van der Waals surface area contributed by atoms with Crippen LogP contribution in [0.4, 0.5) is 11.5 Å². The zero-order valence-electron chi connectivity index (χ0n) is 18.2. The third-order valence-electron chi connectivity index (χ3n) is 5.03. The number of carbonyl (C=O) groups is 1. The van der Waals surface area contributed by atoms with Crippen LogP contribution in [0.15, 0.2) is 35.8 Å². The molecule has 1 N–H and O–H groups in total. The van der Waals surface area contributed by atoms with E-state index in [2.05, 4.69) is 33.7 Å². The van der Waals surface area contributed by atoms with Crippen molar-refractivity contribution in [3.05, 3.63) is 50.5 Å². The van der Waals surface area contributed by atoms with Crippen LogP contribution in [-0.4, -0.2) is 60.3 Å². The summed E-state index contributed by atoms with van der Waals surface area (Å²) in [6, 6.07) is 5.63. The zero-order valence-corrected chi connectivity index (χ0v) is 19.0. The minimum absolute atomic E-state index is 0.00996. The first-order valence-electron chi connectivity index (χ1n) is 10.3. The number of hydrogen-bond donors (Lipinski definition) is 1. The van der Waals surface area contributed by atoms with Gasteiger partial charge in [0, 0.05) is 56.9 Å². The molecule has 0 aliphatic carbocycles. The molecule has 2 aromatic rings. The van der Waals surface area contributed by atoms with Gasteiger partial charge in [0.2, 0.25) is 0 Å². The lowest BCUT2D eigenvalue weighted by Crippen LogP contribution is -2.44. The first kappa shape index (κ1) is 23.2. The summed E-state index contributed by atoms with van der Waals surface area (Å²) >= 11 is 1.07. The molecular weight excluding hydrogens is 428 g/mol. The predicted octanol–water partition coefficient (Wildman–Crippen LogP) is 0.330. The SMILES string of the molecule is C=CCOC(=O)/C(C#N)=c1\s/c(=C/Nc2ccnc(N3CCN(C)CC3)c2)c(=O)n1CC. The van der Waals surface area contributed by atoms with E-state index in [4.69, 9.17) is 4.74 Å². The van der Waals surface area contributed by atoms with Gasteiger partial charge < -0.3 is 19.9 Å². The number of pyridine rings is 1. The molecule has 0 aromatic carbocycles. The minimum Gasteiger partial charge on any atom is -0.457 e. The molecule has 3 rings (SSSR count). The second-order valence-electron chi connectivity index (χ2n) is 7.18. The van der Waals surface area contributed by atoms with Crippen molar-refractivity contribution in [2.24, 2.45) is 0 Å². The van der Waals surface area contributed by atoms with E-state index in [1.54, 1.807) is 19.3 Å². The highest BCUT2D eigenvalue weighted by Gasteiger charge is 2.17. The molecule has 1 fully saturated rings. The van der Waals surface area contributed by atoms with Crippen molar-refractivity contribution in [2.75, 3.05) is 50.1 Å². The highest BCUT2D eigenvalue weighted by molar-refractivity contribution is 7.07. The Balaban J connectivity index is 1.92. The Morgan fingerprint density at radius 1 is 1.41 bits per heavy atom. The van der Waals surface area contributed by atoms with Crippen molar-refractivity contribution in [2.45, 2.75) is 13.5 Å². The Kier molecular flexibility index (Phi) is 7.81.